The quantitative estimate of drug-likeness (QED) is 0.580. The van der Waals surface area contributed by atoms with Crippen LogP contribution in [0.1, 0.15) is 10.4 Å². The van der Waals surface area contributed by atoms with E-state index in [-0.39, 0.29) is 4.83 Å². The molecule has 0 aromatic heterocycles. The molecule has 2 heteroatoms. The molecule has 1 aliphatic rings. The Morgan fingerprint density at radius 2 is 2.20 bits per heavy atom. The van der Waals surface area contributed by atoms with Crippen molar-refractivity contribution in [1.82, 2.24) is 0 Å². The number of ether oxygens (including phenoxy) is 1. The van der Waals surface area contributed by atoms with Crippen LogP contribution in [-0.2, 0) is 0 Å². The zero-order valence-corrected chi connectivity index (χ0v) is 6.76. The zero-order chi connectivity index (χ0) is 6.97. The second-order valence-electron chi connectivity index (χ2n) is 2.12. The lowest BCUT2D eigenvalue weighted by molar-refractivity contribution is 0.434. The predicted molar refractivity (Wildman–Crippen MR) is 42.0 cm³/mol. The maximum absolute atomic E-state index is 5.11. The number of halogens is 1. The van der Waals surface area contributed by atoms with E-state index in [9.17, 15) is 0 Å². The summed E-state index contributed by atoms with van der Waals surface area (Å²) in [6, 6.07) is 7.90. The minimum atomic E-state index is 0.142. The molecule has 1 heterocycles. The Bertz CT molecular complexity index is 247. The Morgan fingerprint density at radius 3 is 3.00 bits per heavy atom. The predicted octanol–water partition coefficient (Wildman–Crippen LogP) is 2.55. The van der Waals surface area contributed by atoms with Gasteiger partial charge in [-0.3, -0.25) is 0 Å². The zero-order valence-electron chi connectivity index (χ0n) is 5.17. The van der Waals surface area contributed by atoms with Gasteiger partial charge in [0.25, 0.3) is 0 Å². The van der Waals surface area contributed by atoms with Gasteiger partial charge in [0.1, 0.15) is 5.75 Å². The summed E-state index contributed by atoms with van der Waals surface area (Å²) in [5.74, 6) is 0.907. The summed E-state index contributed by atoms with van der Waals surface area (Å²) in [5.41, 5.74) is 1.16. The van der Waals surface area contributed by atoms with Crippen molar-refractivity contribution in [2.45, 2.75) is 4.83 Å². The van der Waals surface area contributed by atoms with Crippen LogP contribution in [0.5, 0.6) is 5.75 Å². The summed E-state index contributed by atoms with van der Waals surface area (Å²) in [4.78, 5) is 0.142. The highest BCUT2D eigenvalue weighted by molar-refractivity contribution is 9.09. The van der Waals surface area contributed by atoms with Crippen LogP contribution in [-0.4, -0.2) is 0 Å². The standard InChI is InChI=1S/C8H5BrO/c9-7-5-10-8-4-2-1-3-6(7)8/h1-4,7H. The third kappa shape index (κ3) is 0.833. The van der Waals surface area contributed by atoms with E-state index in [4.69, 9.17) is 4.74 Å². The maximum Gasteiger partial charge on any atom is 0.215 e. The molecule has 1 nitrogen and oxygen atoms in total. The van der Waals surface area contributed by atoms with Crippen molar-refractivity contribution >= 4 is 15.9 Å². The second kappa shape index (κ2) is 2.27. The minimum Gasteiger partial charge on any atom is -0.476 e. The van der Waals surface area contributed by atoms with E-state index in [1.54, 1.807) is 0 Å². The number of para-hydroxylation sites is 1. The molecular weight excluding hydrogens is 192 g/mol. The highest BCUT2D eigenvalue weighted by Gasteiger charge is 2.21. The molecule has 2 rings (SSSR count). The molecule has 0 amide bonds. The van der Waals surface area contributed by atoms with Crippen molar-refractivity contribution in [3.05, 3.63) is 36.4 Å². The molecule has 1 aromatic carbocycles. The molecule has 1 unspecified atom stereocenters. The summed E-state index contributed by atoms with van der Waals surface area (Å²) in [5, 5.41) is 0. The van der Waals surface area contributed by atoms with Crippen LogP contribution in [0.2, 0.25) is 0 Å². The van der Waals surface area contributed by atoms with Crippen molar-refractivity contribution < 1.29 is 4.74 Å². The van der Waals surface area contributed by atoms with Crippen LogP contribution in [0.4, 0.5) is 0 Å². The van der Waals surface area contributed by atoms with Gasteiger partial charge < -0.3 is 4.74 Å². The van der Waals surface area contributed by atoms with Crippen LogP contribution >= 0.6 is 15.9 Å². The number of fused-ring (bicyclic) bond motifs is 1. The molecule has 50 valence electrons. The molecule has 0 aliphatic carbocycles. The van der Waals surface area contributed by atoms with Crippen molar-refractivity contribution in [2.75, 3.05) is 0 Å². The second-order valence-corrected chi connectivity index (χ2v) is 3.04. The monoisotopic (exact) mass is 196 g/mol. The molecule has 1 aliphatic heterocycles. The summed E-state index contributed by atoms with van der Waals surface area (Å²) in [6.07, 6.45) is 0. The van der Waals surface area contributed by atoms with Gasteiger partial charge in [-0.2, -0.15) is 0 Å². The van der Waals surface area contributed by atoms with Crippen molar-refractivity contribution in [2.24, 2.45) is 0 Å². The Balaban J connectivity index is 2.51. The van der Waals surface area contributed by atoms with E-state index < -0.39 is 0 Å². The SMILES string of the molecule is BrC1[C]Oc2ccccc21. The van der Waals surface area contributed by atoms with Gasteiger partial charge in [-0.15, -0.1) is 0 Å². The molecule has 10 heavy (non-hydrogen) atoms. The van der Waals surface area contributed by atoms with E-state index in [2.05, 4.69) is 22.5 Å². The van der Waals surface area contributed by atoms with Gasteiger partial charge in [-0.05, 0) is 6.07 Å². The Hall–Kier alpha value is -0.500. The first-order valence-electron chi connectivity index (χ1n) is 3.03. The Morgan fingerprint density at radius 1 is 1.40 bits per heavy atom. The van der Waals surface area contributed by atoms with Gasteiger partial charge in [0.2, 0.25) is 6.61 Å². The lowest BCUT2D eigenvalue weighted by Crippen LogP contribution is -1.80. The number of benzene rings is 1. The molecule has 0 bridgehead atoms. The van der Waals surface area contributed by atoms with Gasteiger partial charge in [0.15, 0.2) is 0 Å². The maximum atomic E-state index is 5.11. The highest BCUT2D eigenvalue weighted by atomic mass is 79.9. The third-order valence-corrected chi connectivity index (χ3v) is 2.14. The van der Waals surface area contributed by atoms with E-state index in [1.807, 2.05) is 24.3 Å². The third-order valence-electron chi connectivity index (χ3n) is 1.46. The summed E-state index contributed by atoms with van der Waals surface area (Å²) in [7, 11) is 0. The van der Waals surface area contributed by atoms with E-state index in [1.165, 1.54) is 0 Å². The average Bonchev–Trinajstić information content (AvgIpc) is 2.34. The lowest BCUT2D eigenvalue weighted by Gasteiger charge is -1.94. The fraction of sp³-hybridized carbons (Fsp3) is 0.125. The minimum absolute atomic E-state index is 0.142. The number of alkyl halides is 1. The summed E-state index contributed by atoms with van der Waals surface area (Å²) < 4.78 is 5.11. The largest absolute Gasteiger partial charge is 0.476 e. The normalized spacial score (nSPS) is 21.9. The number of hydrogen-bond donors (Lipinski definition) is 0. The van der Waals surface area contributed by atoms with E-state index in [0.29, 0.717) is 0 Å². The summed E-state index contributed by atoms with van der Waals surface area (Å²) >= 11 is 3.40. The van der Waals surface area contributed by atoms with Crippen molar-refractivity contribution in [3.8, 4) is 5.75 Å². The van der Waals surface area contributed by atoms with Crippen LogP contribution in [0, 0.1) is 6.61 Å². The lowest BCUT2D eigenvalue weighted by atomic mass is 10.2. The molecule has 1 atom stereocenters. The average molecular weight is 197 g/mol. The fourth-order valence-electron chi connectivity index (χ4n) is 0.962. The summed E-state index contributed by atoms with van der Waals surface area (Å²) in [6.45, 7) is 2.80. The van der Waals surface area contributed by atoms with Gasteiger partial charge in [-0.25, -0.2) is 0 Å². The van der Waals surface area contributed by atoms with Gasteiger partial charge in [0, 0.05) is 5.56 Å². The number of hydrogen-bond acceptors (Lipinski definition) is 1. The van der Waals surface area contributed by atoms with Crippen LogP contribution < -0.4 is 4.74 Å². The molecule has 2 radical (unpaired) electrons. The van der Waals surface area contributed by atoms with E-state index in [0.717, 1.165) is 11.3 Å². The van der Waals surface area contributed by atoms with E-state index >= 15 is 0 Å². The van der Waals surface area contributed by atoms with Gasteiger partial charge in [-0.1, -0.05) is 34.1 Å². The first-order chi connectivity index (χ1) is 4.88. The smallest absolute Gasteiger partial charge is 0.215 e. The first-order valence-corrected chi connectivity index (χ1v) is 3.95. The molecule has 0 saturated heterocycles. The Kier molecular flexibility index (Phi) is 1.42. The number of rotatable bonds is 0. The molecule has 0 fully saturated rings. The Labute approximate surface area is 68.1 Å². The molecule has 0 N–H and O–H groups in total. The van der Waals surface area contributed by atoms with Gasteiger partial charge in [0.05, 0.1) is 4.83 Å². The van der Waals surface area contributed by atoms with Crippen LogP contribution in [0.15, 0.2) is 24.3 Å². The molecule has 1 aromatic rings. The van der Waals surface area contributed by atoms with Crippen LogP contribution in [0.25, 0.3) is 0 Å². The fourth-order valence-corrected chi connectivity index (χ4v) is 1.43. The molecule has 0 saturated carbocycles. The topological polar surface area (TPSA) is 9.23 Å². The first kappa shape index (κ1) is 6.23. The van der Waals surface area contributed by atoms with Gasteiger partial charge >= 0.3 is 0 Å². The molecular formula is C8H5BrO. The highest BCUT2D eigenvalue weighted by Crippen LogP contribution is 2.39. The molecule has 0 spiro atoms. The van der Waals surface area contributed by atoms with Crippen molar-refractivity contribution in [1.29, 1.82) is 0 Å². The van der Waals surface area contributed by atoms with Crippen molar-refractivity contribution in [3.63, 3.8) is 0 Å². The van der Waals surface area contributed by atoms with Crippen LogP contribution in [0.3, 0.4) is 0 Å².